The summed E-state index contributed by atoms with van der Waals surface area (Å²) in [6, 6.07) is 6.10. The van der Waals surface area contributed by atoms with Gasteiger partial charge in [0.1, 0.15) is 5.54 Å². The van der Waals surface area contributed by atoms with Gasteiger partial charge in [0.25, 0.3) is 5.91 Å². The fourth-order valence-corrected chi connectivity index (χ4v) is 1.67. The van der Waals surface area contributed by atoms with Gasteiger partial charge in [-0.05, 0) is 24.6 Å². The monoisotopic (exact) mass is 220 g/mol. The van der Waals surface area contributed by atoms with Crippen molar-refractivity contribution in [1.29, 1.82) is 0 Å². The number of benzene rings is 1. The van der Waals surface area contributed by atoms with E-state index in [1.54, 1.807) is 31.2 Å². The summed E-state index contributed by atoms with van der Waals surface area (Å²) in [7, 11) is 0. The van der Waals surface area contributed by atoms with Crippen LogP contribution in [0.3, 0.4) is 0 Å². The van der Waals surface area contributed by atoms with Crippen LogP contribution in [-0.4, -0.2) is 16.9 Å². The van der Waals surface area contributed by atoms with E-state index in [1.807, 2.05) is 0 Å². The van der Waals surface area contributed by atoms with Crippen molar-refractivity contribution < 1.29 is 9.59 Å². The van der Waals surface area contributed by atoms with Crippen LogP contribution in [0.2, 0.25) is 0 Å². The van der Waals surface area contributed by atoms with Gasteiger partial charge in [-0.25, -0.2) is 10.6 Å². The third-order valence-corrected chi connectivity index (χ3v) is 2.71. The zero-order chi connectivity index (χ0) is 11.9. The molecule has 0 aliphatic carbocycles. The highest BCUT2D eigenvalue weighted by atomic mass is 16.2. The summed E-state index contributed by atoms with van der Waals surface area (Å²) in [6.07, 6.45) is 0. The molecular formula is C10H12N4O2. The van der Waals surface area contributed by atoms with Gasteiger partial charge in [-0.1, -0.05) is 12.1 Å². The second-order valence-electron chi connectivity index (χ2n) is 3.85. The summed E-state index contributed by atoms with van der Waals surface area (Å²) < 4.78 is 0. The number of nitrogen functional groups attached to an aromatic ring is 1. The Morgan fingerprint density at radius 2 is 1.81 bits per heavy atom. The molecule has 1 heterocycles. The van der Waals surface area contributed by atoms with Crippen molar-refractivity contribution >= 4 is 17.6 Å². The summed E-state index contributed by atoms with van der Waals surface area (Å²) in [5, 5.41) is 3.12. The Kier molecular flexibility index (Phi) is 2.09. The smallest absolute Gasteiger partial charge is 0.339 e. The minimum Gasteiger partial charge on any atom is -0.399 e. The second-order valence-corrected chi connectivity index (χ2v) is 3.85. The summed E-state index contributed by atoms with van der Waals surface area (Å²) in [6.45, 7) is 1.60. The molecule has 16 heavy (non-hydrogen) atoms. The Balaban J connectivity index is 2.44. The van der Waals surface area contributed by atoms with Gasteiger partial charge < -0.3 is 11.1 Å². The molecule has 0 radical (unpaired) electrons. The molecule has 2 rings (SSSR count). The van der Waals surface area contributed by atoms with Gasteiger partial charge in [0.15, 0.2) is 0 Å². The first kappa shape index (κ1) is 10.4. The molecule has 5 N–H and O–H groups in total. The molecule has 1 saturated heterocycles. The van der Waals surface area contributed by atoms with E-state index in [0.29, 0.717) is 16.3 Å². The molecule has 0 bridgehead atoms. The molecule has 0 aromatic heterocycles. The van der Waals surface area contributed by atoms with Crippen molar-refractivity contribution in [2.75, 3.05) is 5.73 Å². The molecule has 6 nitrogen and oxygen atoms in total. The van der Waals surface area contributed by atoms with Gasteiger partial charge in [0.05, 0.1) is 0 Å². The molecule has 1 aliphatic rings. The Labute approximate surface area is 92.2 Å². The largest absolute Gasteiger partial charge is 0.399 e. The Bertz CT molecular complexity index is 456. The number of hydrogen-bond donors (Lipinski definition) is 3. The van der Waals surface area contributed by atoms with E-state index in [4.69, 9.17) is 11.6 Å². The van der Waals surface area contributed by atoms with E-state index >= 15 is 0 Å². The van der Waals surface area contributed by atoms with Crippen LogP contribution < -0.4 is 16.9 Å². The predicted molar refractivity (Wildman–Crippen MR) is 57.8 cm³/mol. The Hall–Kier alpha value is -2.08. The number of urea groups is 1. The van der Waals surface area contributed by atoms with Crippen molar-refractivity contribution in [3.05, 3.63) is 29.8 Å². The van der Waals surface area contributed by atoms with Gasteiger partial charge in [0.2, 0.25) is 0 Å². The number of amides is 3. The molecule has 6 heteroatoms. The molecule has 0 spiro atoms. The van der Waals surface area contributed by atoms with Crippen LogP contribution in [0.4, 0.5) is 10.5 Å². The summed E-state index contributed by atoms with van der Waals surface area (Å²) in [4.78, 5) is 23.1. The number of anilines is 1. The van der Waals surface area contributed by atoms with Crippen LogP contribution in [0.25, 0.3) is 0 Å². The number of hydrogen-bond acceptors (Lipinski definition) is 4. The van der Waals surface area contributed by atoms with E-state index < -0.39 is 17.5 Å². The number of imide groups is 1. The molecule has 1 aromatic rings. The van der Waals surface area contributed by atoms with Crippen LogP contribution >= 0.6 is 0 Å². The number of nitrogens with zero attached hydrogens (tertiary/aromatic N) is 1. The maximum absolute atomic E-state index is 11.8. The van der Waals surface area contributed by atoms with Crippen LogP contribution in [0.5, 0.6) is 0 Å². The lowest BCUT2D eigenvalue weighted by molar-refractivity contribution is -0.131. The Morgan fingerprint density at radius 1 is 1.25 bits per heavy atom. The van der Waals surface area contributed by atoms with Gasteiger partial charge in [0, 0.05) is 5.69 Å². The molecule has 3 amide bonds. The van der Waals surface area contributed by atoms with Gasteiger partial charge in [-0.3, -0.25) is 4.79 Å². The molecule has 1 fully saturated rings. The number of carbonyl (C=O) groups is 2. The van der Waals surface area contributed by atoms with Crippen molar-refractivity contribution in [3.8, 4) is 0 Å². The highest BCUT2D eigenvalue weighted by molar-refractivity contribution is 6.06. The van der Waals surface area contributed by atoms with Crippen molar-refractivity contribution in [2.24, 2.45) is 5.84 Å². The lowest BCUT2D eigenvalue weighted by atomic mass is 9.92. The van der Waals surface area contributed by atoms with Crippen molar-refractivity contribution in [3.63, 3.8) is 0 Å². The lowest BCUT2D eigenvalue weighted by Gasteiger charge is -2.21. The van der Waals surface area contributed by atoms with E-state index in [-0.39, 0.29) is 0 Å². The van der Waals surface area contributed by atoms with Crippen LogP contribution in [0.15, 0.2) is 24.3 Å². The maximum atomic E-state index is 11.8. The van der Waals surface area contributed by atoms with Crippen molar-refractivity contribution in [1.82, 2.24) is 10.3 Å². The molecule has 1 aliphatic heterocycles. The van der Waals surface area contributed by atoms with Crippen LogP contribution in [-0.2, 0) is 10.3 Å². The normalized spacial score (nSPS) is 24.8. The van der Waals surface area contributed by atoms with Gasteiger partial charge in [-0.15, -0.1) is 0 Å². The third kappa shape index (κ3) is 1.31. The second kappa shape index (κ2) is 3.21. The number of rotatable bonds is 1. The number of nitrogens with one attached hydrogen (secondary N) is 1. The first-order chi connectivity index (χ1) is 7.45. The fourth-order valence-electron chi connectivity index (χ4n) is 1.67. The average Bonchev–Trinajstić information content (AvgIpc) is 2.45. The molecule has 84 valence electrons. The first-order valence-electron chi connectivity index (χ1n) is 4.72. The zero-order valence-corrected chi connectivity index (χ0v) is 8.73. The SMILES string of the molecule is C[C@]1(c2ccc(N)cc2)NC(=O)N(N)C1=O. The summed E-state index contributed by atoms with van der Waals surface area (Å²) >= 11 is 0. The van der Waals surface area contributed by atoms with Crippen LogP contribution in [0.1, 0.15) is 12.5 Å². The molecule has 0 saturated carbocycles. The third-order valence-electron chi connectivity index (χ3n) is 2.71. The highest BCUT2D eigenvalue weighted by Gasteiger charge is 2.47. The summed E-state index contributed by atoms with van der Waals surface area (Å²) in [5.74, 6) is 4.83. The number of hydrazine groups is 1. The maximum Gasteiger partial charge on any atom is 0.339 e. The quantitative estimate of drug-likeness (QED) is 0.266. The lowest BCUT2D eigenvalue weighted by Crippen LogP contribution is -2.42. The standard InChI is InChI=1S/C10H12N4O2/c1-10(6-2-4-7(11)5-3-6)8(15)14(12)9(16)13-10/h2-5H,11-12H2,1H3,(H,13,16)/t10-/m1/s1. The topological polar surface area (TPSA) is 101 Å². The summed E-state index contributed by atoms with van der Waals surface area (Å²) in [5.41, 5.74) is 5.68. The van der Waals surface area contributed by atoms with Crippen molar-refractivity contribution in [2.45, 2.75) is 12.5 Å². The number of nitrogens with two attached hydrogens (primary N) is 2. The van der Waals surface area contributed by atoms with Crippen LogP contribution in [0, 0.1) is 0 Å². The molecule has 1 atom stereocenters. The highest BCUT2D eigenvalue weighted by Crippen LogP contribution is 2.27. The minimum absolute atomic E-state index is 0.484. The first-order valence-corrected chi connectivity index (χ1v) is 4.72. The minimum atomic E-state index is -1.11. The average molecular weight is 220 g/mol. The fraction of sp³-hybridized carbons (Fsp3) is 0.200. The predicted octanol–water partition coefficient (Wildman–Crippen LogP) is -0.0905. The molecule has 0 unspecified atom stereocenters. The van der Waals surface area contributed by atoms with E-state index in [2.05, 4.69) is 5.32 Å². The van der Waals surface area contributed by atoms with E-state index in [0.717, 1.165) is 0 Å². The molecule has 1 aromatic carbocycles. The number of carbonyl (C=O) groups excluding carboxylic acids is 2. The Morgan fingerprint density at radius 3 is 2.25 bits per heavy atom. The van der Waals surface area contributed by atoms with E-state index in [1.165, 1.54) is 0 Å². The van der Waals surface area contributed by atoms with Gasteiger partial charge >= 0.3 is 6.03 Å². The molecular weight excluding hydrogens is 208 g/mol. The van der Waals surface area contributed by atoms with E-state index in [9.17, 15) is 9.59 Å². The zero-order valence-electron chi connectivity index (χ0n) is 8.73. The van der Waals surface area contributed by atoms with Gasteiger partial charge in [-0.2, -0.15) is 5.01 Å².